The van der Waals surface area contributed by atoms with E-state index in [0.717, 1.165) is 14.7 Å². The lowest BCUT2D eigenvalue weighted by Crippen LogP contribution is -2.30. The van der Waals surface area contributed by atoms with E-state index in [1.165, 1.54) is 12.1 Å². The van der Waals surface area contributed by atoms with Gasteiger partial charge < -0.3 is 0 Å². The Bertz CT molecular complexity index is 541. The third-order valence-electron chi connectivity index (χ3n) is 2.74. The van der Waals surface area contributed by atoms with E-state index in [0.29, 0.717) is 6.42 Å². The predicted molar refractivity (Wildman–Crippen MR) is 76.1 cm³/mol. The highest BCUT2D eigenvalue weighted by atomic mass is 127. The van der Waals surface area contributed by atoms with Crippen molar-refractivity contribution in [2.45, 2.75) is 12.5 Å². The lowest BCUT2D eigenvalue weighted by atomic mass is 10.0. The molecule has 0 aliphatic carbocycles. The molecule has 1 heterocycles. The second-order valence-electron chi connectivity index (χ2n) is 4.11. The van der Waals surface area contributed by atoms with Crippen LogP contribution in [0.1, 0.15) is 17.2 Å². The number of hydrazine groups is 1. The number of nitrogens with two attached hydrogens (primary N) is 1. The van der Waals surface area contributed by atoms with Crippen molar-refractivity contribution >= 4 is 22.6 Å². The molecule has 6 heteroatoms. The summed E-state index contributed by atoms with van der Waals surface area (Å²) in [6.07, 6.45) is 4.47. The first-order valence-corrected chi connectivity index (χ1v) is 6.56. The molecule has 2 aromatic rings. The first kappa shape index (κ1) is 13.4. The van der Waals surface area contributed by atoms with E-state index in [1.807, 2.05) is 13.2 Å². The summed E-state index contributed by atoms with van der Waals surface area (Å²) in [6.45, 7) is 0. The monoisotopic (exact) mass is 360 g/mol. The molecule has 0 aliphatic heterocycles. The summed E-state index contributed by atoms with van der Waals surface area (Å²) in [7, 11) is 1.87. The second kappa shape index (κ2) is 5.77. The zero-order valence-corrected chi connectivity index (χ0v) is 12.1. The summed E-state index contributed by atoms with van der Waals surface area (Å²) in [5.41, 5.74) is 4.85. The van der Waals surface area contributed by atoms with E-state index in [1.54, 1.807) is 16.9 Å². The van der Waals surface area contributed by atoms with Gasteiger partial charge in [-0.2, -0.15) is 5.10 Å². The van der Waals surface area contributed by atoms with Crippen molar-refractivity contribution < 1.29 is 4.39 Å². The topological polar surface area (TPSA) is 55.9 Å². The molecule has 4 nitrogen and oxygen atoms in total. The van der Waals surface area contributed by atoms with Crippen LogP contribution in [0.15, 0.2) is 30.6 Å². The van der Waals surface area contributed by atoms with Crippen molar-refractivity contribution in [3.05, 3.63) is 51.1 Å². The Morgan fingerprint density at radius 3 is 2.89 bits per heavy atom. The molecule has 1 unspecified atom stereocenters. The highest BCUT2D eigenvalue weighted by molar-refractivity contribution is 14.1. The van der Waals surface area contributed by atoms with Crippen LogP contribution in [0.3, 0.4) is 0 Å². The number of aryl methyl sites for hydroxylation is 1. The molecule has 0 radical (unpaired) electrons. The summed E-state index contributed by atoms with van der Waals surface area (Å²) in [4.78, 5) is 0. The summed E-state index contributed by atoms with van der Waals surface area (Å²) >= 11 is 2.12. The Morgan fingerprint density at radius 2 is 2.33 bits per heavy atom. The molecule has 1 aromatic carbocycles. The molecule has 96 valence electrons. The molecular formula is C12H14FIN4. The molecular weight excluding hydrogens is 346 g/mol. The maximum absolute atomic E-state index is 13.1. The van der Waals surface area contributed by atoms with Gasteiger partial charge in [-0.1, -0.05) is 6.07 Å². The van der Waals surface area contributed by atoms with Crippen LogP contribution in [0.2, 0.25) is 0 Å². The molecule has 0 spiro atoms. The highest BCUT2D eigenvalue weighted by Crippen LogP contribution is 2.23. The SMILES string of the molecule is Cn1cc(CC(NN)c2ccc(F)cc2I)cn1. The number of nitrogens with zero attached hydrogens (tertiary/aromatic N) is 2. The Hall–Kier alpha value is -0.990. The van der Waals surface area contributed by atoms with Crippen molar-refractivity contribution in [1.82, 2.24) is 15.2 Å². The molecule has 0 amide bonds. The highest BCUT2D eigenvalue weighted by Gasteiger charge is 2.15. The van der Waals surface area contributed by atoms with Crippen LogP contribution in [0.25, 0.3) is 0 Å². The molecule has 1 aromatic heterocycles. The van der Waals surface area contributed by atoms with Crippen LogP contribution in [-0.4, -0.2) is 9.78 Å². The van der Waals surface area contributed by atoms with Gasteiger partial charge in [-0.25, -0.2) is 4.39 Å². The quantitative estimate of drug-likeness (QED) is 0.498. The Labute approximate surface area is 118 Å². The van der Waals surface area contributed by atoms with Crippen molar-refractivity contribution in [2.75, 3.05) is 0 Å². The standard InChI is InChI=1S/C12H14FIN4/c1-18-7-8(6-16-18)4-12(17-15)10-3-2-9(13)5-11(10)14/h2-3,5-7,12,17H,4,15H2,1H3. The number of rotatable bonds is 4. The van der Waals surface area contributed by atoms with E-state index >= 15 is 0 Å². The van der Waals surface area contributed by atoms with Gasteiger partial charge in [0, 0.05) is 16.8 Å². The van der Waals surface area contributed by atoms with Crippen LogP contribution in [0.4, 0.5) is 4.39 Å². The summed E-state index contributed by atoms with van der Waals surface area (Å²) in [5, 5.41) is 4.12. The number of halogens is 2. The van der Waals surface area contributed by atoms with E-state index in [9.17, 15) is 4.39 Å². The zero-order chi connectivity index (χ0) is 13.1. The van der Waals surface area contributed by atoms with Crippen molar-refractivity contribution in [3.8, 4) is 0 Å². The maximum Gasteiger partial charge on any atom is 0.124 e. The van der Waals surface area contributed by atoms with Gasteiger partial charge in [0.1, 0.15) is 5.82 Å². The lowest BCUT2D eigenvalue weighted by molar-refractivity contribution is 0.546. The fourth-order valence-electron chi connectivity index (χ4n) is 1.86. The Kier molecular flexibility index (Phi) is 4.31. The minimum atomic E-state index is -0.236. The zero-order valence-electron chi connectivity index (χ0n) is 9.90. The molecule has 0 saturated heterocycles. The van der Waals surface area contributed by atoms with Gasteiger partial charge in [-0.05, 0) is 52.3 Å². The third kappa shape index (κ3) is 3.06. The summed E-state index contributed by atoms with van der Waals surface area (Å²) in [6, 6.07) is 4.66. The van der Waals surface area contributed by atoms with Crippen molar-refractivity contribution in [2.24, 2.45) is 12.9 Å². The predicted octanol–water partition coefficient (Wildman–Crippen LogP) is 1.91. The number of nitrogens with one attached hydrogen (secondary N) is 1. The van der Waals surface area contributed by atoms with Gasteiger partial charge in [0.25, 0.3) is 0 Å². The first-order chi connectivity index (χ1) is 8.60. The average Bonchev–Trinajstić information content (AvgIpc) is 2.72. The maximum atomic E-state index is 13.1. The van der Waals surface area contributed by atoms with Gasteiger partial charge in [0.15, 0.2) is 0 Å². The van der Waals surface area contributed by atoms with Crippen LogP contribution in [-0.2, 0) is 13.5 Å². The van der Waals surface area contributed by atoms with Crippen molar-refractivity contribution in [1.29, 1.82) is 0 Å². The second-order valence-corrected chi connectivity index (χ2v) is 5.27. The number of hydrogen-bond acceptors (Lipinski definition) is 3. The van der Waals surface area contributed by atoms with Crippen LogP contribution in [0, 0.1) is 9.39 Å². The van der Waals surface area contributed by atoms with Crippen LogP contribution >= 0.6 is 22.6 Å². The number of benzene rings is 1. The van der Waals surface area contributed by atoms with Gasteiger partial charge in [0.05, 0.1) is 12.2 Å². The third-order valence-corrected chi connectivity index (χ3v) is 3.67. The minimum Gasteiger partial charge on any atom is -0.276 e. The molecule has 0 fully saturated rings. The van der Waals surface area contributed by atoms with E-state index in [-0.39, 0.29) is 11.9 Å². The Morgan fingerprint density at radius 1 is 1.56 bits per heavy atom. The molecule has 0 aliphatic rings. The van der Waals surface area contributed by atoms with Crippen LogP contribution < -0.4 is 11.3 Å². The number of hydrogen-bond donors (Lipinski definition) is 2. The van der Waals surface area contributed by atoms with E-state index < -0.39 is 0 Å². The summed E-state index contributed by atoms with van der Waals surface area (Å²) in [5.74, 6) is 5.36. The smallest absolute Gasteiger partial charge is 0.124 e. The normalized spacial score (nSPS) is 12.7. The van der Waals surface area contributed by atoms with E-state index in [4.69, 9.17) is 5.84 Å². The minimum absolute atomic E-state index is 0.0540. The van der Waals surface area contributed by atoms with E-state index in [2.05, 4.69) is 33.1 Å². The lowest BCUT2D eigenvalue weighted by Gasteiger charge is -2.17. The largest absolute Gasteiger partial charge is 0.276 e. The first-order valence-electron chi connectivity index (χ1n) is 5.48. The van der Waals surface area contributed by atoms with Gasteiger partial charge in [0.2, 0.25) is 0 Å². The average molecular weight is 360 g/mol. The molecule has 18 heavy (non-hydrogen) atoms. The summed E-state index contributed by atoms with van der Waals surface area (Å²) < 4.78 is 15.7. The Balaban J connectivity index is 2.22. The molecule has 1 atom stereocenters. The fourth-order valence-corrected chi connectivity index (χ4v) is 2.71. The van der Waals surface area contributed by atoms with Crippen LogP contribution in [0.5, 0.6) is 0 Å². The molecule has 2 rings (SSSR count). The van der Waals surface area contributed by atoms with Crippen molar-refractivity contribution in [3.63, 3.8) is 0 Å². The van der Waals surface area contributed by atoms with Gasteiger partial charge in [-0.15, -0.1) is 0 Å². The van der Waals surface area contributed by atoms with Gasteiger partial charge >= 0.3 is 0 Å². The number of aromatic nitrogens is 2. The molecule has 0 bridgehead atoms. The fraction of sp³-hybridized carbons (Fsp3) is 0.250. The van der Waals surface area contributed by atoms with Gasteiger partial charge in [-0.3, -0.25) is 16.0 Å². The molecule has 3 N–H and O–H groups in total. The molecule has 0 saturated carbocycles.